The SMILES string of the molecule is C=NC/C(C(=O)OCC)=C1/CCCN1Cc1nccs1. The Hall–Kier alpha value is -1.69. The van der Waals surface area contributed by atoms with Crippen molar-refractivity contribution in [1.82, 2.24) is 9.88 Å². The lowest BCUT2D eigenvalue weighted by atomic mass is 10.1. The van der Waals surface area contributed by atoms with Crippen LogP contribution in [0, 0.1) is 0 Å². The zero-order chi connectivity index (χ0) is 14.4. The molecule has 0 N–H and O–H groups in total. The van der Waals surface area contributed by atoms with Crippen LogP contribution in [0.2, 0.25) is 0 Å². The molecule has 1 saturated heterocycles. The van der Waals surface area contributed by atoms with E-state index in [-0.39, 0.29) is 5.97 Å². The van der Waals surface area contributed by atoms with Crippen molar-refractivity contribution in [2.75, 3.05) is 19.7 Å². The average Bonchev–Trinajstić information content (AvgIpc) is 3.08. The topological polar surface area (TPSA) is 54.8 Å². The van der Waals surface area contributed by atoms with Gasteiger partial charge in [-0.05, 0) is 26.5 Å². The van der Waals surface area contributed by atoms with Crippen LogP contribution in [-0.2, 0) is 16.1 Å². The number of hydrogen-bond donors (Lipinski definition) is 0. The van der Waals surface area contributed by atoms with Crippen molar-refractivity contribution < 1.29 is 9.53 Å². The molecule has 2 heterocycles. The Balaban J connectivity index is 2.21. The monoisotopic (exact) mass is 293 g/mol. The van der Waals surface area contributed by atoms with Crippen LogP contribution in [0.15, 0.2) is 27.8 Å². The summed E-state index contributed by atoms with van der Waals surface area (Å²) in [6, 6.07) is 0. The van der Waals surface area contributed by atoms with Crippen molar-refractivity contribution in [3.8, 4) is 0 Å². The summed E-state index contributed by atoms with van der Waals surface area (Å²) in [6.07, 6.45) is 3.73. The summed E-state index contributed by atoms with van der Waals surface area (Å²) in [7, 11) is 0. The zero-order valence-corrected chi connectivity index (χ0v) is 12.5. The van der Waals surface area contributed by atoms with Gasteiger partial charge in [0.15, 0.2) is 0 Å². The van der Waals surface area contributed by atoms with Gasteiger partial charge >= 0.3 is 5.97 Å². The van der Waals surface area contributed by atoms with Crippen LogP contribution >= 0.6 is 11.3 Å². The predicted octanol–water partition coefficient (Wildman–Crippen LogP) is 2.26. The maximum atomic E-state index is 12.1. The fraction of sp³-hybridized carbons (Fsp3) is 0.500. The summed E-state index contributed by atoms with van der Waals surface area (Å²) in [5.41, 5.74) is 1.67. The molecule has 108 valence electrons. The van der Waals surface area contributed by atoms with E-state index in [1.54, 1.807) is 17.5 Å². The number of esters is 1. The van der Waals surface area contributed by atoms with Gasteiger partial charge in [0.2, 0.25) is 0 Å². The van der Waals surface area contributed by atoms with Crippen LogP contribution in [0.5, 0.6) is 0 Å². The molecule has 1 aliphatic rings. The fourth-order valence-corrected chi connectivity index (χ4v) is 2.98. The molecular weight excluding hydrogens is 274 g/mol. The summed E-state index contributed by atoms with van der Waals surface area (Å²) < 4.78 is 5.13. The van der Waals surface area contributed by atoms with Gasteiger partial charge in [0.1, 0.15) is 5.01 Å². The minimum absolute atomic E-state index is 0.277. The van der Waals surface area contributed by atoms with Crippen LogP contribution in [0.1, 0.15) is 24.8 Å². The molecule has 0 spiro atoms. The summed E-state index contributed by atoms with van der Waals surface area (Å²) in [6.45, 7) is 7.67. The Labute approximate surface area is 123 Å². The summed E-state index contributed by atoms with van der Waals surface area (Å²) in [5.74, 6) is -0.277. The number of thiazole rings is 1. The van der Waals surface area contributed by atoms with Gasteiger partial charge in [-0.1, -0.05) is 0 Å². The van der Waals surface area contributed by atoms with Crippen molar-refractivity contribution in [1.29, 1.82) is 0 Å². The van der Waals surface area contributed by atoms with E-state index in [1.807, 2.05) is 12.3 Å². The number of ether oxygens (including phenoxy) is 1. The second kappa shape index (κ2) is 7.19. The molecule has 1 aromatic rings. The molecule has 0 aromatic carbocycles. The first-order valence-corrected chi connectivity index (χ1v) is 7.59. The number of rotatable bonds is 6. The van der Waals surface area contributed by atoms with Crippen LogP contribution in [0.3, 0.4) is 0 Å². The molecule has 0 bridgehead atoms. The highest BCUT2D eigenvalue weighted by atomic mass is 32.1. The van der Waals surface area contributed by atoms with Gasteiger partial charge in [-0.2, -0.15) is 0 Å². The summed E-state index contributed by atoms with van der Waals surface area (Å²) in [5, 5.41) is 3.02. The highest BCUT2D eigenvalue weighted by Crippen LogP contribution is 2.27. The van der Waals surface area contributed by atoms with Crippen molar-refractivity contribution >= 4 is 24.0 Å². The van der Waals surface area contributed by atoms with E-state index >= 15 is 0 Å². The second-order valence-electron chi connectivity index (χ2n) is 4.48. The van der Waals surface area contributed by atoms with E-state index in [9.17, 15) is 4.79 Å². The molecule has 1 aliphatic heterocycles. The first-order valence-electron chi connectivity index (χ1n) is 6.71. The molecular formula is C14H19N3O2S. The number of carbonyl (C=O) groups excluding carboxylic acids is 1. The molecule has 0 amide bonds. The third-order valence-corrected chi connectivity index (χ3v) is 3.94. The van der Waals surface area contributed by atoms with E-state index in [4.69, 9.17) is 4.74 Å². The van der Waals surface area contributed by atoms with Gasteiger partial charge < -0.3 is 9.64 Å². The van der Waals surface area contributed by atoms with E-state index in [1.165, 1.54) is 0 Å². The van der Waals surface area contributed by atoms with Crippen LogP contribution in [0.4, 0.5) is 0 Å². The van der Waals surface area contributed by atoms with E-state index in [0.29, 0.717) is 18.7 Å². The Kier molecular flexibility index (Phi) is 5.29. The molecule has 0 radical (unpaired) electrons. The lowest BCUT2D eigenvalue weighted by Gasteiger charge is -2.21. The third kappa shape index (κ3) is 3.45. The molecule has 0 aliphatic carbocycles. The molecule has 5 nitrogen and oxygen atoms in total. The van der Waals surface area contributed by atoms with Crippen LogP contribution in [0.25, 0.3) is 0 Å². The van der Waals surface area contributed by atoms with E-state index in [2.05, 4.69) is 21.6 Å². The van der Waals surface area contributed by atoms with Crippen LogP contribution in [-0.4, -0.2) is 42.3 Å². The molecule has 20 heavy (non-hydrogen) atoms. The lowest BCUT2D eigenvalue weighted by molar-refractivity contribution is -0.138. The largest absolute Gasteiger partial charge is 0.463 e. The minimum Gasteiger partial charge on any atom is -0.463 e. The van der Waals surface area contributed by atoms with E-state index in [0.717, 1.165) is 36.6 Å². The highest BCUT2D eigenvalue weighted by Gasteiger charge is 2.25. The lowest BCUT2D eigenvalue weighted by Crippen LogP contribution is -2.22. The first-order chi connectivity index (χ1) is 9.76. The average molecular weight is 293 g/mol. The first kappa shape index (κ1) is 14.7. The van der Waals surface area contributed by atoms with Gasteiger partial charge in [0.05, 0.1) is 25.3 Å². The van der Waals surface area contributed by atoms with Gasteiger partial charge in [-0.15, -0.1) is 11.3 Å². The molecule has 6 heteroatoms. The smallest absolute Gasteiger partial charge is 0.337 e. The quantitative estimate of drug-likeness (QED) is 0.458. The van der Waals surface area contributed by atoms with Gasteiger partial charge in [0.25, 0.3) is 0 Å². The van der Waals surface area contributed by atoms with E-state index < -0.39 is 0 Å². The number of aliphatic imine (C=N–C) groups is 1. The maximum Gasteiger partial charge on any atom is 0.337 e. The Morgan fingerprint density at radius 1 is 1.65 bits per heavy atom. The maximum absolute atomic E-state index is 12.1. The zero-order valence-electron chi connectivity index (χ0n) is 11.7. The van der Waals surface area contributed by atoms with Crippen molar-refractivity contribution in [3.05, 3.63) is 27.9 Å². The highest BCUT2D eigenvalue weighted by molar-refractivity contribution is 7.09. The Morgan fingerprint density at radius 3 is 3.15 bits per heavy atom. The number of allylic oxidation sites excluding steroid dienone is 1. The number of hydrogen-bond acceptors (Lipinski definition) is 6. The number of likely N-dealkylation sites (tertiary alicyclic amines) is 1. The summed E-state index contributed by atoms with van der Waals surface area (Å²) >= 11 is 1.63. The van der Waals surface area contributed by atoms with Crippen molar-refractivity contribution in [2.45, 2.75) is 26.3 Å². The molecule has 0 unspecified atom stereocenters. The van der Waals surface area contributed by atoms with Crippen LogP contribution < -0.4 is 0 Å². The standard InChI is InChI=1S/C14H19N3O2S/c1-3-19-14(18)11(9-15-2)12-5-4-7-17(12)10-13-16-6-8-20-13/h6,8H,2-5,7,9-10H2,1H3/b12-11+. The normalized spacial score (nSPS) is 17.1. The number of nitrogens with zero attached hydrogens (tertiary/aromatic N) is 3. The molecule has 1 aromatic heterocycles. The van der Waals surface area contributed by atoms with Gasteiger partial charge in [-0.25, -0.2) is 9.78 Å². The second-order valence-corrected chi connectivity index (χ2v) is 5.46. The number of aromatic nitrogens is 1. The summed E-state index contributed by atoms with van der Waals surface area (Å²) in [4.78, 5) is 22.4. The predicted molar refractivity (Wildman–Crippen MR) is 79.8 cm³/mol. The molecule has 0 saturated carbocycles. The Bertz CT molecular complexity index is 497. The molecule has 2 rings (SSSR count). The van der Waals surface area contributed by atoms with Gasteiger partial charge in [0, 0.05) is 23.8 Å². The van der Waals surface area contributed by atoms with Crippen molar-refractivity contribution in [3.63, 3.8) is 0 Å². The molecule has 1 fully saturated rings. The molecule has 0 atom stereocenters. The minimum atomic E-state index is -0.277. The Morgan fingerprint density at radius 2 is 2.50 bits per heavy atom. The third-order valence-electron chi connectivity index (χ3n) is 3.17. The van der Waals surface area contributed by atoms with Gasteiger partial charge in [-0.3, -0.25) is 4.99 Å². The number of carbonyl (C=O) groups is 1. The van der Waals surface area contributed by atoms with Crippen molar-refractivity contribution in [2.24, 2.45) is 4.99 Å². The fourth-order valence-electron chi connectivity index (χ4n) is 2.34.